The van der Waals surface area contributed by atoms with E-state index in [1.165, 1.54) is 7.11 Å². The normalized spacial score (nSPS) is 9.92. The summed E-state index contributed by atoms with van der Waals surface area (Å²) < 4.78 is 10.7. The highest BCUT2D eigenvalue weighted by atomic mass is 32.1. The Balaban J connectivity index is 1.94. The molecule has 0 atom stereocenters. The maximum absolute atomic E-state index is 12.3. The molecule has 0 saturated carbocycles. The van der Waals surface area contributed by atoms with E-state index in [0.29, 0.717) is 17.9 Å². The molecule has 2 aromatic carbocycles. The van der Waals surface area contributed by atoms with Crippen LogP contribution in [0.15, 0.2) is 48.5 Å². The summed E-state index contributed by atoms with van der Waals surface area (Å²) in [5.41, 5.74) is 1.19. The number of para-hydroxylation sites is 1. The molecule has 2 rings (SSSR count). The number of rotatable bonds is 6. The average Bonchev–Trinajstić information content (AvgIpc) is 2.61. The third-order valence-corrected chi connectivity index (χ3v) is 3.37. The van der Waals surface area contributed by atoms with Gasteiger partial charge < -0.3 is 14.8 Å². The molecule has 0 aliphatic carbocycles. The third kappa shape index (κ3) is 4.96. The highest BCUT2D eigenvalue weighted by Gasteiger charge is 2.12. The van der Waals surface area contributed by atoms with Crippen molar-refractivity contribution in [2.24, 2.45) is 0 Å². The molecule has 0 heterocycles. The summed E-state index contributed by atoms with van der Waals surface area (Å²) in [6.45, 7) is 2.74. The van der Waals surface area contributed by atoms with E-state index in [0.717, 1.165) is 17.9 Å². The van der Waals surface area contributed by atoms with Crippen LogP contribution >= 0.6 is 12.2 Å². The van der Waals surface area contributed by atoms with E-state index in [-0.39, 0.29) is 11.0 Å². The van der Waals surface area contributed by atoms with Gasteiger partial charge in [-0.15, -0.1) is 0 Å². The number of carbonyl (C=O) groups is 1. The summed E-state index contributed by atoms with van der Waals surface area (Å²) in [5, 5.41) is 5.82. The molecule has 1 amide bonds. The number of carbonyl (C=O) groups excluding carboxylic acids is 1. The highest BCUT2D eigenvalue weighted by Crippen LogP contribution is 2.18. The average molecular weight is 344 g/mol. The standard InChI is InChI=1S/C18H20N2O3S/c1-3-12-23-14-10-8-13(9-11-14)19-18(24)20-17(21)15-6-4-5-7-16(15)22-2/h4-11H,3,12H2,1-2H3,(H2,19,20,21,24). The minimum absolute atomic E-state index is 0.216. The smallest absolute Gasteiger partial charge is 0.261 e. The van der Waals surface area contributed by atoms with Gasteiger partial charge in [0.05, 0.1) is 19.3 Å². The summed E-state index contributed by atoms with van der Waals surface area (Å²) in [7, 11) is 1.52. The molecule has 24 heavy (non-hydrogen) atoms. The SMILES string of the molecule is CCCOc1ccc(NC(=S)NC(=O)c2ccccc2OC)cc1. The van der Waals surface area contributed by atoms with Crippen LogP contribution in [0, 0.1) is 0 Å². The molecule has 126 valence electrons. The Kier molecular flexibility index (Phi) is 6.57. The number of nitrogens with one attached hydrogen (secondary N) is 2. The number of amides is 1. The van der Waals surface area contributed by atoms with E-state index >= 15 is 0 Å². The van der Waals surface area contributed by atoms with Gasteiger partial charge in [-0.2, -0.15) is 0 Å². The lowest BCUT2D eigenvalue weighted by atomic mass is 10.2. The van der Waals surface area contributed by atoms with Gasteiger partial charge in [0.2, 0.25) is 0 Å². The largest absolute Gasteiger partial charge is 0.496 e. The van der Waals surface area contributed by atoms with Crippen molar-refractivity contribution in [2.75, 3.05) is 19.0 Å². The van der Waals surface area contributed by atoms with E-state index in [1.807, 2.05) is 24.3 Å². The van der Waals surface area contributed by atoms with E-state index in [4.69, 9.17) is 21.7 Å². The summed E-state index contributed by atoms with van der Waals surface area (Å²) in [4.78, 5) is 12.3. The van der Waals surface area contributed by atoms with Crippen LogP contribution in [0.25, 0.3) is 0 Å². The molecule has 0 radical (unpaired) electrons. The van der Waals surface area contributed by atoms with Gasteiger partial charge in [-0.05, 0) is 55.0 Å². The van der Waals surface area contributed by atoms with Crippen molar-refractivity contribution in [1.29, 1.82) is 0 Å². The van der Waals surface area contributed by atoms with Gasteiger partial charge in [0, 0.05) is 5.69 Å². The van der Waals surface area contributed by atoms with E-state index in [2.05, 4.69) is 17.6 Å². The zero-order valence-corrected chi connectivity index (χ0v) is 14.5. The molecule has 2 N–H and O–H groups in total. The van der Waals surface area contributed by atoms with Gasteiger partial charge in [-0.3, -0.25) is 10.1 Å². The van der Waals surface area contributed by atoms with Crippen LogP contribution in [0.3, 0.4) is 0 Å². The van der Waals surface area contributed by atoms with Crippen molar-refractivity contribution in [1.82, 2.24) is 5.32 Å². The number of hydrogen-bond donors (Lipinski definition) is 2. The van der Waals surface area contributed by atoms with Crippen LogP contribution in [-0.2, 0) is 0 Å². The predicted molar refractivity (Wildman–Crippen MR) is 98.9 cm³/mol. The second-order valence-electron chi connectivity index (χ2n) is 4.98. The quantitative estimate of drug-likeness (QED) is 0.784. The first kappa shape index (κ1) is 17.7. The van der Waals surface area contributed by atoms with Crippen LogP contribution < -0.4 is 20.1 Å². The van der Waals surface area contributed by atoms with Crippen molar-refractivity contribution in [2.45, 2.75) is 13.3 Å². The summed E-state index contributed by atoms with van der Waals surface area (Å²) in [6, 6.07) is 14.3. The Morgan fingerprint density at radius 2 is 1.83 bits per heavy atom. The number of ether oxygens (including phenoxy) is 2. The molecule has 0 saturated heterocycles. The number of benzene rings is 2. The van der Waals surface area contributed by atoms with Crippen molar-refractivity contribution in [3.05, 3.63) is 54.1 Å². The molecule has 0 unspecified atom stereocenters. The van der Waals surface area contributed by atoms with Gasteiger partial charge in [0.1, 0.15) is 11.5 Å². The van der Waals surface area contributed by atoms with E-state index < -0.39 is 0 Å². The third-order valence-electron chi connectivity index (χ3n) is 3.16. The van der Waals surface area contributed by atoms with Gasteiger partial charge in [0.25, 0.3) is 5.91 Å². The van der Waals surface area contributed by atoms with Gasteiger partial charge in [-0.25, -0.2) is 0 Å². The Morgan fingerprint density at radius 1 is 1.12 bits per heavy atom. The van der Waals surface area contributed by atoms with Crippen LogP contribution in [0.5, 0.6) is 11.5 Å². The molecule has 0 fully saturated rings. The number of anilines is 1. The van der Waals surface area contributed by atoms with Gasteiger partial charge in [-0.1, -0.05) is 19.1 Å². The predicted octanol–water partition coefficient (Wildman–Crippen LogP) is 3.61. The molecule has 0 bridgehead atoms. The molecule has 0 aliphatic rings. The first-order chi connectivity index (χ1) is 11.6. The number of hydrogen-bond acceptors (Lipinski definition) is 4. The first-order valence-corrected chi connectivity index (χ1v) is 8.03. The highest BCUT2D eigenvalue weighted by molar-refractivity contribution is 7.80. The molecular formula is C18H20N2O3S. The minimum Gasteiger partial charge on any atom is -0.496 e. The fraction of sp³-hybridized carbons (Fsp3) is 0.222. The molecule has 6 heteroatoms. The van der Waals surface area contributed by atoms with Crippen molar-refractivity contribution in [3.8, 4) is 11.5 Å². The van der Waals surface area contributed by atoms with Crippen molar-refractivity contribution in [3.63, 3.8) is 0 Å². The van der Waals surface area contributed by atoms with Crippen molar-refractivity contribution < 1.29 is 14.3 Å². The monoisotopic (exact) mass is 344 g/mol. The van der Waals surface area contributed by atoms with Gasteiger partial charge >= 0.3 is 0 Å². The zero-order valence-electron chi connectivity index (χ0n) is 13.7. The van der Waals surface area contributed by atoms with E-state index in [9.17, 15) is 4.79 Å². The second-order valence-corrected chi connectivity index (χ2v) is 5.39. The van der Waals surface area contributed by atoms with Crippen LogP contribution in [0.4, 0.5) is 5.69 Å². The Labute approximate surface area is 147 Å². The molecular weight excluding hydrogens is 324 g/mol. The topological polar surface area (TPSA) is 59.6 Å². The van der Waals surface area contributed by atoms with Gasteiger partial charge in [0.15, 0.2) is 5.11 Å². The molecule has 0 aliphatic heterocycles. The lowest BCUT2D eigenvalue weighted by molar-refractivity contribution is 0.0975. The fourth-order valence-corrected chi connectivity index (χ4v) is 2.23. The molecule has 5 nitrogen and oxygen atoms in total. The van der Waals surface area contributed by atoms with Crippen LogP contribution in [-0.4, -0.2) is 24.7 Å². The van der Waals surface area contributed by atoms with Crippen molar-refractivity contribution >= 4 is 28.9 Å². The Hall–Kier alpha value is -2.60. The maximum atomic E-state index is 12.3. The Morgan fingerprint density at radius 3 is 2.50 bits per heavy atom. The number of methoxy groups -OCH3 is 1. The summed E-state index contributed by atoms with van der Waals surface area (Å²) >= 11 is 5.18. The zero-order chi connectivity index (χ0) is 17.4. The lowest BCUT2D eigenvalue weighted by Crippen LogP contribution is -2.34. The summed E-state index contributed by atoms with van der Waals surface area (Å²) in [5.74, 6) is 0.967. The second kappa shape index (κ2) is 8.88. The van der Waals surface area contributed by atoms with Crippen LogP contribution in [0.1, 0.15) is 23.7 Å². The Bertz CT molecular complexity index is 702. The fourth-order valence-electron chi connectivity index (χ4n) is 2.02. The minimum atomic E-state index is -0.326. The molecule has 2 aromatic rings. The van der Waals surface area contributed by atoms with Crippen LogP contribution in [0.2, 0.25) is 0 Å². The lowest BCUT2D eigenvalue weighted by Gasteiger charge is -2.12. The molecule has 0 aromatic heterocycles. The summed E-state index contributed by atoms with van der Waals surface area (Å²) in [6.07, 6.45) is 0.957. The first-order valence-electron chi connectivity index (χ1n) is 7.62. The van der Waals surface area contributed by atoms with E-state index in [1.54, 1.807) is 24.3 Å². The molecule has 0 spiro atoms. The maximum Gasteiger partial charge on any atom is 0.261 e. The number of thiocarbonyl (C=S) groups is 1.